The summed E-state index contributed by atoms with van der Waals surface area (Å²) >= 11 is 6.31. The summed E-state index contributed by atoms with van der Waals surface area (Å²) in [5.41, 5.74) is 2.38. The molecule has 0 aromatic heterocycles. The molecule has 1 aliphatic heterocycles. The van der Waals surface area contributed by atoms with E-state index in [1.807, 2.05) is 37.3 Å². The molecule has 0 fully saturated rings. The second-order valence-electron chi connectivity index (χ2n) is 5.92. The van der Waals surface area contributed by atoms with Gasteiger partial charge in [0.05, 0.1) is 17.3 Å². The van der Waals surface area contributed by atoms with Crippen molar-refractivity contribution in [2.24, 2.45) is 0 Å². The SMILES string of the molecule is CC(=O)N[C@H]1C(=O)N(CCOc2ccccc2C)c2c(Cl)cccc21. The van der Waals surface area contributed by atoms with Gasteiger partial charge in [-0.1, -0.05) is 41.9 Å². The van der Waals surface area contributed by atoms with Crippen LogP contribution in [0.1, 0.15) is 24.1 Å². The van der Waals surface area contributed by atoms with Crippen LogP contribution in [0.4, 0.5) is 5.69 Å². The van der Waals surface area contributed by atoms with E-state index in [-0.39, 0.29) is 11.8 Å². The summed E-state index contributed by atoms with van der Waals surface area (Å²) in [6, 6.07) is 12.3. The normalized spacial score (nSPS) is 15.9. The highest BCUT2D eigenvalue weighted by Crippen LogP contribution is 2.40. The first kappa shape index (κ1) is 17.3. The number of ether oxygens (including phenoxy) is 1. The highest BCUT2D eigenvalue weighted by atomic mass is 35.5. The zero-order valence-electron chi connectivity index (χ0n) is 14.1. The Balaban J connectivity index is 1.78. The second kappa shape index (κ2) is 7.15. The molecule has 0 bridgehead atoms. The molecule has 0 spiro atoms. The number of halogens is 1. The third-order valence-electron chi connectivity index (χ3n) is 4.13. The first-order chi connectivity index (χ1) is 12.0. The Bertz CT molecular complexity index is 822. The predicted octanol–water partition coefficient (Wildman–Crippen LogP) is 3.25. The quantitative estimate of drug-likeness (QED) is 0.892. The molecular weight excluding hydrogens is 340 g/mol. The van der Waals surface area contributed by atoms with Crippen molar-refractivity contribution in [3.8, 4) is 5.75 Å². The molecule has 0 saturated carbocycles. The Morgan fingerprint density at radius 3 is 2.72 bits per heavy atom. The van der Waals surface area contributed by atoms with Gasteiger partial charge in [-0.2, -0.15) is 0 Å². The largest absolute Gasteiger partial charge is 0.491 e. The lowest BCUT2D eigenvalue weighted by Crippen LogP contribution is -2.38. The van der Waals surface area contributed by atoms with E-state index in [9.17, 15) is 9.59 Å². The van der Waals surface area contributed by atoms with Crippen molar-refractivity contribution >= 4 is 29.1 Å². The van der Waals surface area contributed by atoms with Crippen molar-refractivity contribution in [2.75, 3.05) is 18.1 Å². The second-order valence-corrected chi connectivity index (χ2v) is 6.32. The van der Waals surface area contributed by atoms with Gasteiger partial charge in [-0.3, -0.25) is 9.59 Å². The van der Waals surface area contributed by atoms with Gasteiger partial charge in [0, 0.05) is 12.5 Å². The number of carbonyl (C=O) groups is 2. The van der Waals surface area contributed by atoms with Crippen LogP contribution >= 0.6 is 11.6 Å². The summed E-state index contributed by atoms with van der Waals surface area (Å²) < 4.78 is 5.79. The van der Waals surface area contributed by atoms with Crippen LogP contribution in [0.2, 0.25) is 5.02 Å². The van der Waals surface area contributed by atoms with E-state index < -0.39 is 6.04 Å². The minimum atomic E-state index is -0.704. The van der Waals surface area contributed by atoms with Crippen LogP contribution in [0.5, 0.6) is 5.75 Å². The Kier molecular flexibility index (Phi) is 4.95. The number of fused-ring (bicyclic) bond motifs is 1. The fourth-order valence-electron chi connectivity index (χ4n) is 2.98. The number of nitrogens with zero attached hydrogens (tertiary/aromatic N) is 1. The van der Waals surface area contributed by atoms with Crippen LogP contribution in [0, 0.1) is 6.92 Å². The molecule has 0 unspecified atom stereocenters. The van der Waals surface area contributed by atoms with Crippen molar-refractivity contribution in [1.29, 1.82) is 0 Å². The number of rotatable bonds is 5. The number of carbonyl (C=O) groups excluding carboxylic acids is 2. The number of anilines is 1. The number of hydrogen-bond donors (Lipinski definition) is 1. The molecule has 1 atom stereocenters. The molecule has 2 amide bonds. The van der Waals surface area contributed by atoms with Crippen molar-refractivity contribution in [3.05, 3.63) is 58.6 Å². The molecule has 2 aromatic carbocycles. The van der Waals surface area contributed by atoms with E-state index >= 15 is 0 Å². The highest BCUT2D eigenvalue weighted by molar-refractivity contribution is 6.34. The molecule has 0 aliphatic carbocycles. The van der Waals surface area contributed by atoms with E-state index in [0.717, 1.165) is 11.3 Å². The summed E-state index contributed by atoms with van der Waals surface area (Å²) in [4.78, 5) is 25.8. The Labute approximate surface area is 151 Å². The maximum atomic E-state index is 12.8. The van der Waals surface area contributed by atoms with Crippen LogP contribution < -0.4 is 15.0 Å². The zero-order chi connectivity index (χ0) is 18.0. The number of benzene rings is 2. The average Bonchev–Trinajstić information content (AvgIpc) is 2.83. The lowest BCUT2D eigenvalue weighted by Gasteiger charge is -2.19. The molecule has 5 nitrogen and oxygen atoms in total. The van der Waals surface area contributed by atoms with Gasteiger partial charge in [0.25, 0.3) is 5.91 Å². The van der Waals surface area contributed by atoms with Crippen LogP contribution in [0.25, 0.3) is 0 Å². The lowest BCUT2D eigenvalue weighted by atomic mass is 10.1. The molecule has 1 N–H and O–H groups in total. The van der Waals surface area contributed by atoms with Crippen LogP contribution in [0.3, 0.4) is 0 Å². The monoisotopic (exact) mass is 358 g/mol. The molecule has 6 heteroatoms. The van der Waals surface area contributed by atoms with Crippen LogP contribution in [-0.4, -0.2) is 25.0 Å². The standard InChI is InChI=1S/C19H19ClN2O3/c1-12-6-3-4-9-16(12)25-11-10-22-18-14(7-5-8-15(18)20)17(19(22)24)21-13(2)23/h3-9,17H,10-11H2,1-2H3,(H,21,23)/t17-/m1/s1. The summed E-state index contributed by atoms with van der Waals surface area (Å²) in [7, 11) is 0. The van der Waals surface area contributed by atoms with Crippen molar-refractivity contribution in [1.82, 2.24) is 5.32 Å². The fraction of sp³-hybridized carbons (Fsp3) is 0.263. The van der Waals surface area contributed by atoms with Crippen LogP contribution in [0.15, 0.2) is 42.5 Å². The number of para-hydroxylation sites is 2. The smallest absolute Gasteiger partial charge is 0.254 e. The molecule has 1 aliphatic rings. The fourth-order valence-corrected chi connectivity index (χ4v) is 3.26. The third-order valence-corrected chi connectivity index (χ3v) is 4.43. The van der Waals surface area contributed by atoms with Crippen molar-refractivity contribution < 1.29 is 14.3 Å². The molecule has 2 aromatic rings. The predicted molar refractivity (Wildman–Crippen MR) is 97.0 cm³/mol. The van der Waals surface area contributed by atoms with E-state index in [0.29, 0.717) is 29.4 Å². The zero-order valence-corrected chi connectivity index (χ0v) is 14.8. The highest BCUT2D eigenvalue weighted by Gasteiger charge is 2.39. The van der Waals surface area contributed by atoms with Crippen LogP contribution in [-0.2, 0) is 9.59 Å². The topological polar surface area (TPSA) is 58.6 Å². The Hall–Kier alpha value is -2.53. The van der Waals surface area contributed by atoms with Gasteiger partial charge in [-0.05, 0) is 24.6 Å². The van der Waals surface area contributed by atoms with E-state index in [2.05, 4.69) is 5.32 Å². The minimum Gasteiger partial charge on any atom is -0.491 e. The van der Waals surface area contributed by atoms with Gasteiger partial charge in [-0.25, -0.2) is 0 Å². The molecule has 0 saturated heterocycles. The Morgan fingerprint density at radius 1 is 1.24 bits per heavy atom. The van der Waals surface area contributed by atoms with Gasteiger partial charge in [-0.15, -0.1) is 0 Å². The van der Waals surface area contributed by atoms with Gasteiger partial charge in [0.15, 0.2) is 0 Å². The minimum absolute atomic E-state index is 0.202. The van der Waals surface area contributed by atoms with Gasteiger partial charge in [0.1, 0.15) is 18.4 Å². The summed E-state index contributed by atoms with van der Waals surface area (Å²) in [5.74, 6) is 0.320. The molecule has 25 heavy (non-hydrogen) atoms. The van der Waals surface area contributed by atoms with Gasteiger partial charge in [0.2, 0.25) is 5.91 Å². The number of nitrogens with one attached hydrogen (secondary N) is 1. The Morgan fingerprint density at radius 2 is 2.00 bits per heavy atom. The number of aryl methyl sites for hydroxylation is 1. The maximum absolute atomic E-state index is 12.8. The number of amides is 2. The maximum Gasteiger partial charge on any atom is 0.254 e. The van der Waals surface area contributed by atoms with Gasteiger partial charge >= 0.3 is 0 Å². The summed E-state index contributed by atoms with van der Waals surface area (Å²) in [6.45, 7) is 4.03. The molecule has 0 radical (unpaired) electrons. The van der Waals surface area contributed by atoms with Gasteiger partial charge < -0.3 is 15.0 Å². The summed E-state index contributed by atoms with van der Waals surface area (Å²) in [6.07, 6.45) is 0. The van der Waals surface area contributed by atoms with Crippen molar-refractivity contribution in [2.45, 2.75) is 19.9 Å². The van der Waals surface area contributed by atoms with Crippen molar-refractivity contribution in [3.63, 3.8) is 0 Å². The molecule has 3 rings (SSSR count). The van der Waals surface area contributed by atoms with E-state index in [1.54, 1.807) is 17.0 Å². The van der Waals surface area contributed by atoms with E-state index in [4.69, 9.17) is 16.3 Å². The lowest BCUT2D eigenvalue weighted by molar-refractivity contribution is -0.126. The average molecular weight is 359 g/mol. The molecule has 1 heterocycles. The first-order valence-corrected chi connectivity index (χ1v) is 8.42. The summed E-state index contributed by atoms with van der Waals surface area (Å²) in [5, 5.41) is 3.17. The van der Waals surface area contributed by atoms with E-state index in [1.165, 1.54) is 6.92 Å². The number of hydrogen-bond acceptors (Lipinski definition) is 3. The molecule has 130 valence electrons. The first-order valence-electron chi connectivity index (χ1n) is 8.04. The molecular formula is C19H19ClN2O3. The third kappa shape index (κ3) is 3.46.